The highest BCUT2D eigenvalue weighted by Crippen LogP contribution is 2.50. The first-order valence-corrected chi connectivity index (χ1v) is 12.3. The van der Waals surface area contributed by atoms with Crippen LogP contribution in [0.25, 0.3) is 0 Å². The first-order chi connectivity index (χ1) is 15.6. The monoisotopic (exact) mass is 436 g/mol. The van der Waals surface area contributed by atoms with Crippen molar-refractivity contribution >= 4 is 0 Å². The van der Waals surface area contributed by atoms with Gasteiger partial charge in [-0.1, -0.05) is 30.7 Å². The number of pyridine rings is 1. The smallest absolute Gasteiger partial charge is 0.0755 e. The molecule has 0 unspecified atom stereocenters. The van der Waals surface area contributed by atoms with Crippen LogP contribution in [-0.2, 0) is 6.54 Å². The molecule has 2 aliphatic carbocycles. The van der Waals surface area contributed by atoms with Gasteiger partial charge in [-0.15, -0.1) is 11.8 Å². The molecule has 1 aromatic heterocycles. The Morgan fingerprint density at radius 2 is 2.06 bits per heavy atom. The quantitative estimate of drug-likeness (QED) is 0.269. The second-order valence-corrected chi connectivity index (χ2v) is 9.59. The van der Waals surface area contributed by atoms with Gasteiger partial charge in [0.05, 0.1) is 12.2 Å². The summed E-state index contributed by atoms with van der Waals surface area (Å²) in [6, 6.07) is 4.10. The summed E-state index contributed by atoms with van der Waals surface area (Å²) >= 11 is 0. The van der Waals surface area contributed by atoms with Gasteiger partial charge >= 0.3 is 0 Å². The van der Waals surface area contributed by atoms with Gasteiger partial charge in [-0.25, -0.2) is 0 Å². The molecule has 174 valence electrons. The molecule has 2 saturated carbocycles. The van der Waals surface area contributed by atoms with Crippen LogP contribution in [0.15, 0.2) is 48.3 Å². The predicted octanol–water partition coefficient (Wildman–Crippen LogP) is 4.64. The van der Waals surface area contributed by atoms with Crippen molar-refractivity contribution in [3.63, 3.8) is 0 Å². The molecule has 0 amide bonds. The third-order valence-electron chi connectivity index (χ3n) is 7.14. The molecule has 3 N–H and O–H groups in total. The number of hydrogen-bond donors (Lipinski definition) is 3. The van der Waals surface area contributed by atoms with E-state index in [1.165, 1.54) is 18.4 Å². The van der Waals surface area contributed by atoms with Gasteiger partial charge < -0.3 is 15.5 Å². The Kier molecular flexibility index (Phi) is 9.99. The second kappa shape index (κ2) is 12.9. The number of aliphatic hydroxyl groups is 2. The van der Waals surface area contributed by atoms with Crippen LogP contribution in [0.4, 0.5) is 0 Å². The molecule has 0 aromatic carbocycles. The fourth-order valence-electron chi connectivity index (χ4n) is 5.19. The van der Waals surface area contributed by atoms with Crippen LogP contribution in [0, 0.1) is 35.5 Å². The van der Waals surface area contributed by atoms with Gasteiger partial charge in [-0.3, -0.25) is 4.98 Å². The number of nitrogens with zero attached hydrogens (tertiary/aromatic N) is 1. The maximum Gasteiger partial charge on any atom is 0.0755 e. The summed E-state index contributed by atoms with van der Waals surface area (Å²) < 4.78 is 0. The SMILES string of the molecule is CC#CC[C@@H](C)[C@H](O)/C=C/[C@@H]1[C@H]2C/C(=C/CCCCNCc3ccncc3)C[C@H]2C[C@H]1O. The molecule has 4 nitrogen and oxygen atoms in total. The Bertz CT molecular complexity index is 808. The molecule has 6 atom stereocenters. The van der Waals surface area contributed by atoms with Crippen molar-refractivity contribution in [1.29, 1.82) is 0 Å². The minimum absolute atomic E-state index is 0.117. The van der Waals surface area contributed by atoms with E-state index in [-0.39, 0.29) is 17.9 Å². The van der Waals surface area contributed by atoms with E-state index in [2.05, 4.69) is 46.4 Å². The molecular formula is C28H40N2O2. The topological polar surface area (TPSA) is 65.4 Å². The van der Waals surface area contributed by atoms with Gasteiger partial charge in [0, 0.05) is 31.3 Å². The second-order valence-electron chi connectivity index (χ2n) is 9.59. The molecule has 32 heavy (non-hydrogen) atoms. The van der Waals surface area contributed by atoms with Crippen LogP contribution in [0.5, 0.6) is 0 Å². The van der Waals surface area contributed by atoms with Crippen molar-refractivity contribution in [2.24, 2.45) is 23.7 Å². The average Bonchev–Trinajstić information content (AvgIpc) is 3.32. The third-order valence-corrected chi connectivity index (χ3v) is 7.14. The zero-order valence-electron chi connectivity index (χ0n) is 19.7. The average molecular weight is 437 g/mol. The lowest BCUT2D eigenvalue weighted by molar-refractivity contribution is 0.137. The van der Waals surface area contributed by atoms with E-state index >= 15 is 0 Å². The van der Waals surface area contributed by atoms with E-state index in [4.69, 9.17) is 0 Å². The lowest BCUT2D eigenvalue weighted by atomic mass is 9.89. The summed E-state index contributed by atoms with van der Waals surface area (Å²) in [6.45, 7) is 5.80. The van der Waals surface area contributed by atoms with Gasteiger partial charge in [-0.2, -0.15) is 0 Å². The fraction of sp³-hybridized carbons (Fsp3) is 0.607. The minimum atomic E-state index is -0.495. The summed E-state index contributed by atoms with van der Waals surface area (Å²) in [5.41, 5.74) is 2.85. The Balaban J connectivity index is 1.37. The number of unbranched alkanes of at least 4 members (excludes halogenated alkanes) is 2. The minimum Gasteiger partial charge on any atom is -0.392 e. The first-order valence-electron chi connectivity index (χ1n) is 12.3. The number of hydrogen-bond acceptors (Lipinski definition) is 4. The van der Waals surface area contributed by atoms with Crippen molar-refractivity contribution in [2.45, 2.75) is 77.5 Å². The summed E-state index contributed by atoms with van der Waals surface area (Å²) in [7, 11) is 0. The first kappa shape index (κ1) is 24.7. The van der Waals surface area contributed by atoms with Crippen LogP contribution >= 0.6 is 0 Å². The van der Waals surface area contributed by atoms with Gasteiger partial charge in [0.15, 0.2) is 0 Å². The normalized spacial score (nSPS) is 27.9. The molecular weight excluding hydrogens is 396 g/mol. The Morgan fingerprint density at radius 3 is 2.84 bits per heavy atom. The van der Waals surface area contributed by atoms with Crippen LogP contribution in [0.3, 0.4) is 0 Å². The van der Waals surface area contributed by atoms with E-state index in [9.17, 15) is 10.2 Å². The highest BCUT2D eigenvalue weighted by Gasteiger charge is 2.44. The third kappa shape index (κ3) is 7.30. The van der Waals surface area contributed by atoms with Gasteiger partial charge in [0.2, 0.25) is 0 Å². The molecule has 0 saturated heterocycles. The summed E-state index contributed by atoms with van der Waals surface area (Å²) in [5, 5.41) is 24.5. The van der Waals surface area contributed by atoms with E-state index in [0.29, 0.717) is 18.3 Å². The zero-order valence-corrected chi connectivity index (χ0v) is 19.7. The van der Waals surface area contributed by atoms with Gasteiger partial charge in [0.25, 0.3) is 0 Å². The van der Waals surface area contributed by atoms with E-state index < -0.39 is 6.10 Å². The molecule has 2 fully saturated rings. The summed E-state index contributed by atoms with van der Waals surface area (Å²) in [5.74, 6) is 7.34. The number of rotatable bonds is 11. The number of aliphatic hydroxyl groups excluding tert-OH is 2. The number of fused-ring (bicyclic) bond motifs is 1. The molecule has 0 aliphatic heterocycles. The van der Waals surface area contributed by atoms with Crippen LogP contribution in [0.1, 0.15) is 64.4 Å². The predicted molar refractivity (Wildman–Crippen MR) is 131 cm³/mol. The molecule has 0 bridgehead atoms. The highest BCUT2D eigenvalue weighted by atomic mass is 16.3. The molecule has 0 radical (unpaired) electrons. The molecule has 3 rings (SSSR count). The molecule has 0 spiro atoms. The largest absolute Gasteiger partial charge is 0.392 e. The van der Waals surface area contributed by atoms with Crippen LogP contribution in [0.2, 0.25) is 0 Å². The Hall–Kier alpha value is -1.93. The van der Waals surface area contributed by atoms with Crippen LogP contribution < -0.4 is 5.32 Å². The summed E-state index contributed by atoms with van der Waals surface area (Å²) in [4.78, 5) is 4.05. The Morgan fingerprint density at radius 1 is 1.25 bits per heavy atom. The van der Waals surface area contributed by atoms with Crippen molar-refractivity contribution < 1.29 is 10.2 Å². The standard InChI is InChI=1S/C28H40N2O2/c1-3-4-8-21(2)27(31)11-10-25-26-18-23(17-24(26)19-28(25)32)9-6-5-7-14-30-20-22-12-15-29-16-13-22/h9-13,15-16,21,24-28,30-32H,5-8,14,17-20H2,1-2H3/b11-10+,23-9+/t21-,24+,25-,26+,27-,28-/m1/s1. The lowest BCUT2D eigenvalue weighted by Gasteiger charge is -2.19. The Labute approximate surface area is 194 Å². The molecule has 1 aromatic rings. The lowest BCUT2D eigenvalue weighted by Crippen LogP contribution is -2.19. The van der Waals surface area contributed by atoms with Crippen molar-refractivity contribution in [3.05, 3.63) is 53.9 Å². The number of aromatic nitrogens is 1. The van der Waals surface area contributed by atoms with Gasteiger partial charge in [-0.05, 0) is 87.4 Å². The van der Waals surface area contributed by atoms with Crippen molar-refractivity contribution in [2.75, 3.05) is 6.54 Å². The van der Waals surface area contributed by atoms with Gasteiger partial charge in [0.1, 0.15) is 0 Å². The molecule has 1 heterocycles. The molecule has 2 aliphatic rings. The van der Waals surface area contributed by atoms with Crippen LogP contribution in [-0.4, -0.2) is 33.9 Å². The zero-order chi connectivity index (χ0) is 22.8. The van der Waals surface area contributed by atoms with Crippen molar-refractivity contribution in [3.8, 4) is 11.8 Å². The molecule has 4 heteroatoms. The van der Waals surface area contributed by atoms with E-state index in [1.807, 2.05) is 32.3 Å². The number of allylic oxidation sites excluding steroid dienone is 2. The fourth-order valence-corrected chi connectivity index (χ4v) is 5.19. The maximum atomic E-state index is 10.6. The highest BCUT2D eigenvalue weighted by molar-refractivity contribution is 5.18. The maximum absolute atomic E-state index is 10.6. The van der Waals surface area contributed by atoms with Crippen molar-refractivity contribution in [1.82, 2.24) is 10.3 Å². The van der Waals surface area contributed by atoms with E-state index in [1.54, 1.807) is 5.57 Å². The number of nitrogens with one attached hydrogen (secondary N) is 1. The summed E-state index contributed by atoms with van der Waals surface area (Å²) in [6.07, 6.45) is 16.7. The van der Waals surface area contributed by atoms with E-state index in [0.717, 1.165) is 38.8 Å².